The van der Waals surface area contributed by atoms with Gasteiger partial charge in [-0.05, 0) is 36.8 Å². The van der Waals surface area contributed by atoms with E-state index in [1.165, 1.54) is 6.07 Å². The second-order valence-electron chi connectivity index (χ2n) is 3.36. The van der Waals surface area contributed by atoms with Gasteiger partial charge in [0.25, 0.3) is 0 Å². The van der Waals surface area contributed by atoms with Gasteiger partial charge < -0.3 is 10.6 Å². The van der Waals surface area contributed by atoms with Crippen LogP contribution in [0.2, 0.25) is 0 Å². The van der Waals surface area contributed by atoms with E-state index in [2.05, 4.69) is 33.5 Å². The van der Waals surface area contributed by atoms with E-state index in [4.69, 9.17) is 12.2 Å². The first-order valence-electron chi connectivity index (χ1n) is 5.13. The molecule has 0 spiro atoms. The number of hydrogen-bond acceptors (Lipinski definition) is 1. The molecule has 1 rings (SSSR count). The monoisotopic (exact) mass is 304 g/mol. The van der Waals surface area contributed by atoms with Crippen LogP contribution >= 0.6 is 28.1 Å². The van der Waals surface area contributed by atoms with E-state index in [1.807, 2.05) is 0 Å². The maximum absolute atomic E-state index is 13.4. The first-order chi connectivity index (χ1) is 7.63. The lowest BCUT2D eigenvalue weighted by atomic mass is 10.3. The van der Waals surface area contributed by atoms with Crippen molar-refractivity contribution in [2.45, 2.75) is 19.8 Å². The summed E-state index contributed by atoms with van der Waals surface area (Å²) in [6.07, 6.45) is 2.15. The van der Waals surface area contributed by atoms with Crippen LogP contribution < -0.4 is 10.6 Å². The second kappa shape index (κ2) is 6.81. The second-order valence-corrected chi connectivity index (χ2v) is 4.68. The fraction of sp³-hybridized carbons (Fsp3) is 0.364. The van der Waals surface area contributed by atoms with E-state index in [0.29, 0.717) is 15.3 Å². The minimum Gasteiger partial charge on any atom is -0.362 e. The number of halogens is 2. The molecule has 88 valence electrons. The number of thiocarbonyl (C=S) groups is 1. The summed E-state index contributed by atoms with van der Waals surface area (Å²) in [6, 6.07) is 4.81. The number of hydrogen-bond donors (Lipinski definition) is 2. The van der Waals surface area contributed by atoms with Crippen LogP contribution in [0.15, 0.2) is 22.7 Å². The highest BCUT2D eigenvalue weighted by atomic mass is 79.9. The number of nitrogens with one attached hydrogen (secondary N) is 2. The smallest absolute Gasteiger partial charge is 0.170 e. The molecule has 1 aromatic carbocycles. The third kappa shape index (κ3) is 4.45. The summed E-state index contributed by atoms with van der Waals surface area (Å²) in [5, 5.41) is 6.29. The fourth-order valence-corrected chi connectivity index (χ4v) is 1.68. The first kappa shape index (κ1) is 13.4. The van der Waals surface area contributed by atoms with Gasteiger partial charge in [-0.25, -0.2) is 4.39 Å². The predicted octanol–water partition coefficient (Wildman–Crippen LogP) is 3.67. The van der Waals surface area contributed by atoms with Gasteiger partial charge in [0, 0.05) is 11.0 Å². The molecule has 0 aliphatic rings. The molecule has 5 heteroatoms. The van der Waals surface area contributed by atoms with Crippen molar-refractivity contribution in [1.29, 1.82) is 0 Å². The van der Waals surface area contributed by atoms with E-state index in [0.717, 1.165) is 19.4 Å². The molecule has 0 fully saturated rings. The van der Waals surface area contributed by atoms with Crippen LogP contribution in [0, 0.1) is 5.82 Å². The molecule has 0 aromatic heterocycles. The van der Waals surface area contributed by atoms with E-state index in [9.17, 15) is 4.39 Å². The molecule has 0 amide bonds. The molecule has 16 heavy (non-hydrogen) atoms. The minimum absolute atomic E-state index is 0.325. The Morgan fingerprint density at radius 3 is 2.88 bits per heavy atom. The van der Waals surface area contributed by atoms with Crippen LogP contribution in [-0.4, -0.2) is 11.7 Å². The van der Waals surface area contributed by atoms with E-state index < -0.39 is 0 Å². The minimum atomic E-state index is -0.325. The number of anilines is 1. The molecule has 0 aliphatic carbocycles. The molecule has 1 aromatic rings. The lowest BCUT2D eigenvalue weighted by Crippen LogP contribution is -2.29. The van der Waals surface area contributed by atoms with Crippen LogP contribution in [0.25, 0.3) is 0 Å². The summed E-state index contributed by atoms with van der Waals surface area (Å²) in [5.74, 6) is -0.325. The van der Waals surface area contributed by atoms with Crippen LogP contribution in [0.4, 0.5) is 10.1 Å². The van der Waals surface area contributed by atoms with Crippen molar-refractivity contribution < 1.29 is 4.39 Å². The fourth-order valence-electron chi connectivity index (χ4n) is 1.14. The van der Waals surface area contributed by atoms with Gasteiger partial charge in [-0.15, -0.1) is 0 Å². The van der Waals surface area contributed by atoms with Crippen LogP contribution in [0.5, 0.6) is 0 Å². The maximum atomic E-state index is 13.4. The van der Waals surface area contributed by atoms with E-state index in [-0.39, 0.29) is 5.82 Å². The van der Waals surface area contributed by atoms with E-state index >= 15 is 0 Å². The number of benzene rings is 1. The molecule has 0 saturated carbocycles. The van der Waals surface area contributed by atoms with Gasteiger partial charge >= 0.3 is 0 Å². The summed E-state index contributed by atoms with van der Waals surface area (Å²) in [4.78, 5) is 0. The molecule has 0 bridgehead atoms. The Morgan fingerprint density at radius 2 is 2.25 bits per heavy atom. The Labute approximate surface area is 109 Å². The topological polar surface area (TPSA) is 24.1 Å². The van der Waals surface area contributed by atoms with Crippen molar-refractivity contribution in [3.63, 3.8) is 0 Å². The highest BCUT2D eigenvalue weighted by Crippen LogP contribution is 2.19. The molecular weight excluding hydrogens is 291 g/mol. The quantitative estimate of drug-likeness (QED) is 0.655. The van der Waals surface area contributed by atoms with Crippen molar-refractivity contribution in [1.82, 2.24) is 5.32 Å². The van der Waals surface area contributed by atoms with Crippen LogP contribution in [0.1, 0.15) is 19.8 Å². The highest BCUT2D eigenvalue weighted by Gasteiger charge is 2.03. The Balaban J connectivity index is 2.49. The Hall–Kier alpha value is -0.680. The molecule has 2 N–H and O–H groups in total. The predicted molar refractivity (Wildman–Crippen MR) is 73.2 cm³/mol. The maximum Gasteiger partial charge on any atom is 0.170 e. The number of rotatable bonds is 4. The van der Waals surface area contributed by atoms with Gasteiger partial charge in [-0.3, -0.25) is 0 Å². The molecule has 0 radical (unpaired) electrons. The van der Waals surface area contributed by atoms with Gasteiger partial charge in [0.15, 0.2) is 5.11 Å². The Bertz CT molecular complexity index is 371. The van der Waals surface area contributed by atoms with E-state index in [1.54, 1.807) is 12.1 Å². The van der Waals surface area contributed by atoms with Crippen molar-refractivity contribution in [3.8, 4) is 0 Å². The zero-order chi connectivity index (χ0) is 12.0. The van der Waals surface area contributed by atoms with Crippen molar-refractivity contribution in [2.24, 2.45) is 0 Å². The number of unbranched alkanes of at least 4 members (excludes halogenated alkanes) is 1. The lowest BCUT2D eigenvalue weighted by molar-refractivity contribution is 0.631. The van der Waals surface area contributed by atoms with Crippen molar-refractivity contribution >= 4 is 38.9 Å². The first-order valence-corrected chi connectivity index (χ1v) is 6.33. The molecule has 0 aliphatic heterocycles. The van der Waals surface area contributed by atoms with Crippen LogP contribution in [-0.2, 0) is 0 Å². The zero-order valence-electron chi connectivity index (χ0n) is 9.02. The Morgan fingerprint density at radius 1 is 1.50 bits per heavy atom. The Kier molecular flexibility index (Phi) is 5.69. The summed E-state index contributed by atoms with van der Waals surface area (Å²) < 4.78 is 14.1. The molecule has 0 unspecified atom stereocenters. The summed E-state index contributed by atoms with van der Waals surface area (Å²) in [5.41, 5.74) is 0.386. The van der Waals surface area contributed by atoms with Gasteiger partial charge in [0.05, 0.1) is 5.69 Å². The zero-order valence-corrected chi connectivity index (χ0v) is 11.4. The van der Waals surface area contributed by atoms with Crippen molar-refractivity contribution in [2.75, 3.05) is 11.9 Å². The summed E-state index contributed by atoms with van der Waals surface area (Å²) in [7, 11) is 0. The van der Waals surface area contributed by atoms with Crippen LogP contribution in [0.3, 0.4) is 0 Å². The third-order valence-corrected chi connectivity index (χ3v) is 2.73. The molecule has 2 nitrogen and oxygen atoms in total. The average Bonchev–Trinajstić information content (AvgIpc) is 2.23. The summed E-state index contributed by atoms with van der Waals surface area (Å²) >= 11 is 8.24. The van der Waals surface area contributed by atoms with Crippen molar-refractivity contribution in [3.05, 3.63) is 28.5 Å². The molecule has 0 heterocycles. The molecule has 0 atom stereocenters. The van der Waals surface area contributed by atoms with Gasteiger partial charge in [-0.2, -0.15) is 0 Å². The SMILES string of the molecule is CCCCNC(=S)Nc1ccc(Br)cc1F. The largest absolute Gasteiger partial charge is 0.362 e. The lowest BCUT2D eigenvalue weighted by Gasteiger charge is -2.10. The average molecular weight is 305 g/mol. The third-order valence-electron chi connectivity index (χ3n) is 2.00. The van der Waals surface area contributed by atoms with Gasteiger partial charge in [-0.1, -0.05) is 29.3 Å². The highest BCUT2D eigenvalue weighted by molar-refractivity contribution is 9.10. The summed E-state index contributed by atoms with van der Waals surface area (Å²) in [6.45, 7) is 2.91. The molecule has 0 saturated heterocycles. The molecular formula is C11H14BrFN2S. The van der Waals surface area contributed by atoms with Gasteiger partial charge in [0.2, 0.25) is 0 Å². The normalized spacial score (nSPS) is 9.94. The standard InChI is InChI=1S/C11H14BrFN2S/c1-2-3-6-14-11(16)15-10-5-4-8(12)7-9(10)13/h4-5,7H,2-3,6H2,1H3,(H2,14,15,16). The van der Waals surface area contributed by atoms with Gasteiger partial charge in [0.1, 0.15) is 5.82 Å².